The quantitative estimate of drug-likeness (QED) is 0.472. The molecule has 5 heteroatoms. The molecule has 0 fully saturated rings. The average molecular weight is 296 g/mol. The predicted molar refractivity (Wildman–Crippen MR) is 59.6 cm³/mol. The molecule has 4 N–H and O–H groups in total. The molecule has 1 aromatic carbocycles. The summed E-state index contributed by atoms with van der Waals surface area (Å²) in [6, 6.07) is 5.45. The first-order chi connectivity index (χ1) is 5.59. The van der Waals surface area contributed by atoms with Crippen molar-refractivity contribution in [3.05, 3.63) is 26.8 Å². The number of halogens is 2. The molecule has 0 atom stereocenters. The van der Waals surface area contributed by atoms with Crippen LogP contribution in [0.5, 0.6) is 0 Å². The van der Waals surface area contributed by atoms with Crippen LogP contribution in [0.4, 0.5) is 5.69 Å². The first kappa shape index (κ1) is 9.60. The molecule has 0 bridgehead atoms. The minimum absolute atomic E-state index is 0.0121. The van der Waals surface area contributed by atoms with E-state index in [0.29, 0.717) is 10.7 Å². The maximum atomic E-state index is 5.85. The van der Waals surface area contributed by atoms with Crippen LogP contribution in [-0.4, -0.2) is 5.96 Å². The van der Waals surface area contributed by atoms with Crippen LogP contribution in [0.15, 0.2) is 23.2 Å². The second kappa shape index (κ2) is 3.95. The Labute approximate surface area is 88.9 Å². The van der Waals surface area contributed by atoms with Gasteiger partial charge in [-0.15, -0.1) is 0 Å². The van der Waals surface area contributed by atoms with Gasteiger partial charge in [-0.2, -0.15) is 0 Å². The van der Waals surface area contributed by atoms with E-state index < -0.39 is 0 Å². The van der Waals surface area contributed by atoms with Crippen molar-refractivity contribution in [3.8, 4) is 0 Å². The van der Waals surface area contributed by atoms with Crippen LogP contribution in [-0.2, 0) is 0 Å². The van der Waals surface area contributed by atoms with Crippen LogP contribution in [0.25, 0.3) is 0 Å². The van der Waals surface area contributed by atoms with Gasteiger partial charge in [-0.1, -0.05) is 11.6 Å². The Hall–Kier alpha value is -0.490. The minimum Gasteiger partial charge on any atom is -0.370 e. The fraction of sp³-hybridized carbons (Fsp3) is 0. The number of nitrogens with two attached hydrogens (primary N) is 2. The number of hydrogen-bond donors (Lipinski definition) is 2. The Kier molecular flexibility index (Phi) is 3.16. The molecular formula is C7H7ClIN3. The molecule has 0 saturated heterocycles. The fourth-order valence-electron chi connectivity index (χ4n) is 0.711. The number of aliphatic imine (C=N–C) groups is 1. The Morgan fingerprint density at radius 1 is 1.42 bits per heavy atom. The predicted octanol–water partition coefficient (Wildman–Crippen LogP) is 1.85. The molecule has 0 aliphatic heterocycles. The maximum Gasteiger partial charge on any atom is 0.191 e. The molecule has 0 aliphatic rings. The third-order valence-electron chi connectivity index (χ3n) is 1.16. The first-order valence-corrected chi connectivity index (χ1v) is 4.60. The third-order valence-corrected chi connectivity index (χ3v) is 2.13. The molecule has 0 saturated carbocycles. The summed E-state index contributed by atoms with van der Waals surface area (Å²) in [5, 5.41) is 0.551. The molecule has 1 aromatic rings. The van der Waals surface area contributed by atoms with Gasteiger partial charge in [0.1, 0.15) is 0 Å². The topological polar surface area (TPSA) is 64.4 Å². The van der Waals surface area contributed by atoms with E-state index in [2.05, 4.69) is 27.6 Å². The van der Waals surface area contributed by atoms with Gasteiger partial charge in [0.2, 0.25) is 0 Å². The Bertz CT molecular complexity index is 320. The summed E-state index contributed by atoms with van der Waals surface area (Å²) in [6.45, 7) is 0. The molecule has 0 spiro atoms. The number of rotatable bonds is 1. The van der Waals surface area contributed by atoms with Crippen LogP contribution in [0.1, 0.15) is 0 Å². The van der Waals surface area contributed by atoms with Gasteiger partial charge in [0.25, 0.3) is 0 Å². The summed E-state index contributed by atoms with van der Waals surface area (Å²) in [4.78, 5) is 3.84. The molecule has 0 radical (unpaired) electrons. The lowest BCUT2D eigenvalue weighted by molar-refractivity contribution is 1.42. The van der Waals surface area contributed by atoms with Crippen LogP contribution >= 0.6 is 34.2 Å². The zero-order valence-corrected chi connectivity index (χ0v) is 9.00. The number of nitrogens with zero attached hydrogens (tertiary/aromatic N) is 1. The van der Waals surface area contributed by atoms with Crippen molar-refractivity contribution in [3.63, 3.8) is 0 Å². The van der Waals surface area contributed by atoms with Crippen molar-refractivity contribution in [1.82, 2.24) is 0 Å². The third kappa shape index (κ3) is 2.53. The van der Waals surface area contributed by atoms with Crippen molar-refractivity contribution in [1.29, 1.82) is 0 Å². The van der Waals surface area contributed by atoms with Gasteiger partial charge in [-0.25, -0.2) is 4.99 Å². The van der Waals surface area contributed by atoms with Gasteiger partial charge < -0.3 is 11.5 Å². The van der Waals surface area contributed by atoms with E-state index in [1.807, 2.05) is 6.07 Å². The molecule has 3 nitrogen and oxygen atoms in total. The highest BCUT2D eigenvalue weighted by molar-refractivity contribution is 14.1. The highest BCUT2D eigenvalue weighted by Gasteiger charge is 1.98. The minimum atomic E-state index is 0.0121. The zero-order valence-electron chi connectivity index (χ0n) is 6.09. The van der Waals surface area contributed by atoms with E-state index in [0.717, 1.165) is 3.57 Å². The van der Waals surface area contributed by atoms with Gasteiger partial charge >= 0.3 is 0 Å². The summed E-state index contributed by atoms with van der Waals surface area (Å²) in [6.07, 6.45) is 0. The normalized spacial score (nSPS) is 9.50. The zero-order chi connectivity index (χ0) is 9.14. The second-order valence-corrected chi connectivity index (χ2v) is 3.79. The summed E-state index contributed by atoms with van der Waals surface area (Å²) in [5.41, 5.74) is 11.0. The van der Waals surface area contributed by atoms with Crippen molar-refractivity contribution >= 4 is 45.8 Å². The Morgan fingerprint density at radius 2 is 2.08 bits per heavy atom. The number of hydrogen-bond acceptors (Lipinski definition) is 1. The van der Waals surface area contributed by atoms with E-state index in [-0.39, 0.29) is 5.96 Å². The van der Waals surface area contributed by atoms with E-state index in [9.17, 15) is 0 Å². The van der Waals surface area contributed by atoms with E-state index in [4.69, 9.17) is 23.1 Å². The first-order valence-electron chi connectivity index (χ1n) is 3.14. The summed E-state index contributed by atoms with van der Waals surface area (Å²) < 4.78 is 1.05. The van der Waals surface area contributed by atoms with Gasteiger partial charge in [0.05, 0.1) is 10.7 Å². The van der Waals surface area contributed by atoms with Crippen molar-refractivity contribution in [2.75, 3.05) is 0 Å². The lowest BCUT2D eigenvalue weighted by Crippen LogP contribution is -2.21. The standard InChI is InChI=1S/C7H7ClIN3/c8-5-3-4(9)1-2-6(5)12-7(10)11/h1-3H,(H4,10,11,12). The van der Waals surface area contributed by atoms with Crippen molar-refractivity contribution in [2.24, 2.45) is 16.5 Å². The van der Waals surface area contributed by atoms with E-state index in [1.165, 1.54) is 0 Å². The molecule has 1 rings (SSSR count). The van der Waals surface area contributed by atoms with Gasteiger partial charge in [0, 0.05) is 3.57 Å². The molecule has 64 valence electrons. The average Bonchev–Trinajstić information content (AvgIpc) is 1.94. The largest absolute Gasteiger partial charge is 0.370 e. The maximum absolute atomic E-state index is 5.85. The van der Waals surface area contributed by atoms with Gasteiger partial charge in [-0.3, -0.25) is 0 Å². The molecule has 12 heavy (non-hydrogen) atoms. The lowest BCUT2D eigenvalue weighted by Gasteiger charge is -1.98. The number of guanidine groups is 1. The Balaban J connectivity index is 3.10. The van der Waals surface area contributed by atoms with Crippen LogP contribution in [0.3, 0.4) is 0 Å². The SMILES string of the molecule is NC(N)=Nc1ccc(I)cc1Cl. The highest BCUT2D eigenvalue weighted by atomic mass is 127. The summed E-state index contributed by atoms with van der Waals surface area (Å²) in [5.74, 6) is 0.0121. The van der Waals surface area contributed by atoms with Gasteiger partial charge in [-0.05, 0) is 40.8 Å². The van der Waals surface area contributed by atoms with Gasteiger partial charge in [0.15, 0.2) is 5.96 Å². The van der Waals surface area contributed by atoms with Crippen molar-refractivity contribution < 1.29 is 0 Å². The van der Waals surface area contributed by atoms with Crippen LogP contribution in [0.2, 0.25) is 5.02 Å². The summed E-state index contributed by atoms with van der Waals surface area (Å²) in [7, 11) is 0. The molecule has 0 aromatic heterocycles. The summed E-state index contributed by atoms with van der Waals surface area (Å²) >= 11 is 8.01. The molecule has 0 amide bonds. The second-order valence-electron chi connectivity index (χ2n) is 2.13. The molecular weight excluding hydrogens is 288 g/mol. The lowest BCUT2D eigenvalue weighted by atomic mass is 10.3. The Morgan fingerprint density at radius 3 is 2.58 bits per heavy atom. The van der Waals surface area contributed by atoms with E-state index in [1.54, 1.807) is 12.1 Å². The molecule has 0 heterocycles. The fourth-order valence-corrected chi connectivity index (χ4v) is 1.61. The monoisotopic (exact) mass is 295 g/mol. The van der Waals surface area contributed by atoms with E-state index >= 15 is 0 Å². The number of benzene rings is 1. The van der Waals surface area contributed by atoms with Crippen LogP contribution < -0.4 is 11.5 Å². The highest BCUT2D eigenvalue weighted by Crippen LogP contribution is 2.25. The molecule has 0 unspecified atom stereocenters. The smallest absolute Gasteiger partial charge is 0.191 e. The van der Waals surface area contributed by atoms with Crippen LogP contribution in [0, 0.1) is 3.57 Å². The molecule has 0 aliphatic carbocycles. The van der Waals surface area contributed by atoms with Crippen molar-refractivity contribution in [2.45, 2.75) is 0 Å².